The third-order valence-electron chi connectivity index (χ3n) is 4.02. The Balaban J connectivity index is 0.000000197. The van der Waals surface area contributed by atoms with Gasteiger partial charge < -0.3 is 24.1 Å². The van der Waals surface area contributed by atoms with Crippen LogP contribution in [0.3, 0.4) is 0 Å². The SMILES string of the molecule is CC(C)OCC1OCc2ccccc2O1.CC(C)Oc1ccc2c(c1)=NCN=2.O=CO. The fourth-order valence-electron chi connectivity index (χ4n) is 2.75. The van der Waals surface area contributed by atoms with Crippen molar-refractivity contribution in [2.45, 2.75) is 52.8 Å². The quantitative estimate of drug-likeness (QED) is 0.733. The van der Waals surface area contributed by atoms with Crippen molar-refractivity contribution in [1.29, 1.82) is 0 Å². The Kier molecular flexibility index (Phi) is 9.93. The number of carbonyl (C=O) groups is 1. The second kappa shape index (κ2) is 12.7. The lowest BCUT2D eigenvalue weighted by Gasteiger charge is -2.26. The third-order valence-corrected chi connectivity index (χ3v) is 4.02. The number of para-hydroxylation sites is 1. The van der Waals surface area contributed by atoms with Crippen LogP contribution in [0, 0.1) is 0 Å². The molecule has 2 aromatic rings. The minimum Gasteiger partial charge on any atom is -0.491 e. The Morgan fingerprint density at radius 2 is 1.81 bits per heavy atom. The van der Waals surface area contributed by atoms with Gasteiger partial charge in [-0.1, -0.05) is 18.2 Å². The van der Waals surface area contributed by atoms with Crippen molar-refractivity contribution in [3.05, 3.63) is 58.7 Å². The molecular formula is C23H30N2O6. The summed E-state index contributed by atoms with van der Waals surface area (Å²) in [4.78, 5) is 16.8. The molecular weight excluding hydrogens is 400 g/mol. The summed E-state index contributed by atoms with van der Waals surface area (Å²) in [7, 11) is 0. The molecule has 31 heavy (non-hydrogen) atoms. The summed E-state index contributed by atoms with van der Waals surface area (Å²) in [5.74, 6) is 1.77. The zero-order valence-corrected chi connectivity index (χ0v) is 18.4. The fraction of sp³-hybridized carbons (Fsp3) is 0.435. The maximum atomic E-state index is 8.36. The second-order valence-electron chi connectivity index (χ2n) is 7.23. The van der Waals surface area contributed by atoms with Crippen molar-refractivity contribution < 1.29 is 28.8 Å². The molecule has 1 N–H and O–H groups in total. The average molecular weight is 431 g/mol. The van der Waals surface area contributed by atoms with Crippen LogP contribution in [0.5, 0.6) is 11.5 Å². The Bertz CT molecular complexity index is 945. The summed E-state index contributed by atoms with van der Waals surface area (Å²) in [5.41, 5.74) is 1.10. The van der Waals surface area contributed by atoms with Gasteiger partial charge in [-0.2, -0.15) is 0 Å². The largest absolute Gasteiger partial charge is 0.491 e. The van der Waals surface area contributed by atoms with Gasteiger partial charge in [0.15, 0.2) is 0 Å². The van der Waals surface area contributed by atoms with E-state index in [-0.39, 0.29) is 25.0 Å². The predicted octanol–water partition coefficient (Wildman–Crippen LogP) is 2.73. The molecule has 0 aromatic heterocycles. The lowest BCUT2D eigenvalue weighted by molar-refractivity contribution is -0.150. The molecule has 2 aromatic carbocycles. The summed E-state index contributed by atoms with van der Waals surface area (Å²) in [6, 6.07) is 13.7. The predicted molar refractivity (Wildman–Crippen MR) is 115 cm³/mol. The highest BCUT2D eigenvalue weighted by molar-refractivity contribution is 5.33. The van der Waals surface area contributed by atoms with Crippen molar-refractivity contribution in [3.8, 4) is 11.5 Å². The Morgan fingerprint density at radius 1 is 1.10 bits per heavy atom. The molecule has 8 heteroatoms. The summed E-state index contributed by atoms with van der Waals surface area (Å²) in [5, 5.41) is 8.80. The highest BCUT2D eigenvalue weighted by Crippen LogP contribution is 2.25. The number of rotatable bonds is 5. The molecule has 8 nitrogen and oxygen atoms in total. The molecule has 1 atom stereocenters. The van der Waals surface area contributed by atoms with E-state index in [9.17, 15) is 0 Å². The molecule has 0 fully saturated rings. The third kappa shape index (κ3) is 8.35. The van der Waals surface area contributed by atoms with Crippen LogP contribution in [0.15, 0.2) is 52.4 Å². The number of ether oxygens (including phenoxy) is 4. The normalized spacial score (nSPS) is 15.6. The van der Waals surface area contributed by atoms with E-state index in [1.165, 1.54) is 0 Å². The van der Waals surface area contributed by atoms with Crippen molar-refractivity contribution in [2.75, 3.05) is 13.3 Å². The van der Waals surface area contributed by atoms with E-state index in [0.29, 0.717) is 19.9 Å². The van der Waals surface area contributed by atoms with Gasteiger partial charge in [-0.25, -0.2) is 0 Å². The summed E-state index contributed by atoms with van der Waals surface area (Å²) in [6.45, 7) is 9.39. The molecule has 1 unspecified atom stereocenters. The van der Waals surface area contributed by atoms with Gasteiger partial charge in [-0.15, -0.1) is 0 Å². The van der Waals surface area contributed by atoms with E-state index in [0.717, 1.165) is 27.8 Å². The van der Waals surface area contributed by atoms with E-state index >= 15 is 0 Å². The summed E-state index contributed by atoms with van der Waals surface area (Å²) >= 11 is 0. The maximum absolute atomic E-state index is 8.36. The molecule has 0 bridgehead atoms. The van der Waals surface area contributed by atoms with Crippen molar-refractivity contribution in [3.63, 3.8) is 0 Å². The lowest BCUT2D eigenvalue weighted by atomic mass is 10.2. The molecule has 0 aliphatic carbocycles. The number of benzene rings is 2. The number of carboxylic acid groups (broad SMARTS) is 1. The highest BCUT2D eigenvalue weighted by atomic mass is 16.7. The van der Waals surface area contributed by atoms with Gasteiger partial charge in [0.25, 0.3) is 6.47 Å². The lowest BCUT2D eigenvalue weighted by Crippen LogP contribution is -2.31. The van der Waals surface area contributed by atoms with E-state index in [1.807, 2.05) is 70.2 Å². The van der Waals surface area contributed by atoms with Gasteiger partial charge in [0.2, 0.25) is 6.29 Å². The molecule has 168 valence electrons. The van der Waals surface area contributed by atoms with Gasteiger partial charge in [-0.3, -0.25) is 14.8 Å². The monoisotopic (exact) mass is 430 g/mol. The molecule has 2 aliphatic heterocycles. The average Bonchev–Trinajstić information content (AvgIpc) is 3.20. The zero-order valence-electron chi connectivity index (χ0n) is 18.4. The second-order valence-corrected chi connectivity index (χ2v) is 7.23. The highest BCUT2D eigenvalue weighted by Gasteiger charge is 2.19. The molecule has 0 radical (unpaired) electrons. The van der Waals surface area contributed by atoms with Crippen molar-refractivity contribution in [2.24, 2.45) is 9.98 Å². The molecule has 0 saturated heterocycles. The first-order chi connectivity index (χ1) is 14.9. The first-order valence-corrected chi connectivity index (χ1v) is 10.1. The van der Waals surface area contributed by atoms with E-state index < -0.39 is 0 Å². The van der Waals surface area contributed by atoms with Gasteiger partial charge in [0, 0.05) is 11.6 Å². The van der Waals surface area contributed by atoms with Crippen LogP contribution in [0.4, 0.5) is 0 Å². The first kappa shape index (κ1) is 24.3. The van der Waals surface area contributed by atoms with Crippen LogP contribution >= 0.6 is 0 Å². The fourth-order valence-corrected chi connectivity index (χ4v) is 2.75. The number of nitrogens with zero attached hydrogens (tertiary/aromatic N) is 2. The minimum absolute atomic E-state index is 0.203. The van der Waals surface area contributed by atoms with E-state index in [1.54, 1.807) is 0 Å². The van der Waals surface area contributed by atoms with E-state index in [2.05, 4.69) is 9.98 Å². The van der Waals surface area contributed by atoms with Gasteiger partial charge >= 0.3 is 0 Å². The molecule has 0 spiro atoms. The number of hydrogen-bond acceptors (Lipinski definition) is 7. The number of fused-ring (bicyclic) bond motifs is 2. The van der Waals surface area contributed by atoms with Crippen LogP contribution in [0.1, 0.15) is 33.3 Å². The Labute approximate surface area is 182 Å². The van der Waals surface area contributed by atoms with Crippen molar-refractivity contribution in [1.82, 2.24) is 0 Å². The minimum atomic E-state index is -0.276. The molecule has 0 amide bonds. The Morgan fingerprint density at radius 3 is 2.52 bits per heavy atom. The van der Waals surface area contributed by atoms with Crippen molar-refractivity contribution >= 4 is 6.47 Å². The van der Waals surface area contributed by atoms with Crippen LogP contribution in [-0.2, 0) is 20.9 Å². The summed E-state index contributed by atoms with van der Waals surface area (Å²) in [6.07, 6.45) is 0.132. The maximum Gasteiger partial charge on any atom is 0.290 e. The number of hydrogen-bond donors (Lipinski definition) is 1. The zero-order chi connectivity index (χ0) is 22.6. The van der Waals surface area contributed by atoms with Crippen LogP contribution in [0.25, 0.3) is 0 Å². The molecule has 2 heterocycles. The van der Waals surface area contributed by atoms with Gasteiger partial charge in [0.1, 0.15) is 24.8 Å². The topological polar surface area (TPSA) is 98.9 Å². The molecule has 2 aliphatic rings. The van der Waals surface area contributed by atoms with Gasteiger partial charge in [-0.05, 0) is 45.9 Å². The van der Waals surface area contributed by atoms with Crippen LogP contribution in [-0.4, -0.2) is 43.4 Å². The van der Waals surface area contributed by atoms with Gasteiger partial charge in [0.05, 0.1) is 29.5 Å². The molecule has 4 rings (SSSR count). The smallest absolute Gasteiger partial charge is 0.290 e. The van der Waals surface area contributed by atoms with E-state index in [4.69, 9.17) is 28.8 Å². The summed E-state index contributed by atoms with van der Waals surface area (Å²) < 4.78 is 22.1. The van der Waals surface area contributed by atoms with Crippen LogP contribution in [0.2, 0.25) is 0 Å². The molecule has 0 saturated carbocycles. The Hall–Kier alpha value is -2.97. The van der Waals surface area contributed by atoms with Crippen LogP contribution < -0.4 is 20.2 Å². The standard InChI is InChI=1S/C12H16O3.C10H12N2O.CH2O2/c1-9(2)13-8-12-14-7-10-5-3-4-6-11(10)15-12;1-7(2)13-8-3-4-9-10(5-8)12-6-11-9;2-1-3/h3-6,9,12H,7-8H2,1-2H3;3-5,7H,6H2,1-2H3;1H,(H,2,3). The first-order valence-electron chi connectivity index (χ1n) is 10.1.